The summed E-state index contributed by atoms with van der Waals surface area (Å²) in [4.78, 5) is 23.8. The van der Waals surface area contributed by atoms with Gasteiger partial charge in [0.2, 0.25) is 5.13 Å². The second kappa shape index (κ2) is 8.94. The molecular weight excluding hydrogens is 478 g/mol. The van der Waals surface area contributed by atoms with Gasteiger partial charge in [0.15, 0.2) is 0 Å². The number of aryl methyl sites for hydroxylation is 1. The van der Waals surface area contributed by atoms with Crippen molar-refractivity contribution in [1.29, 1.82) is 0 Å². The van der Waals surface area contributed by atoms with Crippen LogP contribution >= 0.6 is 27.3 Å². The van der Waals surface area contributed by atoms with E-state index in [1.807, 2.05) is 55.4 Å². The maximum atomic E-state index is 12.8. The van der Waals surface area contributed by atoms with Gasteiger partial charge in [-0.15, -0.1) is 10.2 Å². The van der Waals surface area contributed by atoms with Crippen LogP contribution in [0.5, 0.6) is 0 Å². The largest absolute Gasteiger partial charge is 0.378 e. The van der Waals surface area contributed by atoms with Crippen LogP contribution in [-0.2, 0) is 6.54 Å². The predicted octanol–water partition coefficient (Wildman–Crippen LogP) is 3.88. The molecule has 0 saturated heterocycles. The number of anilines is 1. The highest BCUT2D eigenvalue weighted by atomic mass is 79.9. The van der Waals surface area contributed by atoms with Gasteiger partial charge in [-0.05, 0) is 42.8 Å². The number of halogens is 1. The van der Waals surface area contributed by atoms with Gasteiger partial charge in [0.1, 0.15) is 10.8 Å². The van der Waals surface area contributed by atoms with E-state index in [0.29, 0.717) is 28.4 Å². The molecule has 0 spiro atoms. The summed E-state index contributed by atoms with van der Waals surface area (Å²) in [6.07, 6.45) is 1.76. The Kier molecular flexibility index (Phi) is 6.10. The number of hydrogen-bond acceptors (Lipinski definition) is 8. The van der Waals surface area contributed by atoms with Crippen molar-refractivity contribution in [2.24, 2.45) is 4.99 Å². The average molecular weight is 498 g/mol. The molecule has 0 radical (unpaired) electrons. The molecule has 0 unspecified atom stereocenters. The van der Waals surface area contributed by atoms with Crippen molar-refractivity contribution in [3.05, 3.63) is 73.7 Å². The van der Waals surface area contributed by atoms with Gasteiger partial charge in [0.25, 0.3) is 5.56 Å². The summed E-state index contributed by atoms with van der Waals surface area (Å²) in [5.41, 5.74) is 5.70. The minimum absolute atomic E-state index is 0.160. The molecule has 2 heterocycles. The fourth-order valence-corrected chi connectivity index (χ4v) is 3.94. The minimum Gasteiger partial charge on any atom is -0.378 e. The zero-order chi connectivity index (χ0) is 22.0. The average Bonchev–Trinajstić information content (AvgIpc) is 3.21. The van der Waals surface area contributed by atoms with Crippen LogP contribution in [0.1, 0.15) is 16.4 Å². The predicted molar refractivity (Wildman–Crippen MR) is 129 cm³/mol. The van der Waals surface area contributed by atoms with Gasteiger partial charge < -0.3 is 10.3 Å². The third-order valence-electron chi connectivity index (χ3n) is 4.58. The zero-order valence-electron chi connectivity index (χ0n) is 17.2. The Morgan fingerprint density at radius 1 is 1.19 bits per heavy atom. The Labute approximate surface area is 191 Å². The van der Waals surface area contributed by atoms with Gasteiger partial charge in [-0.1, -0.05) is 39.4 Å². The molecule has 8 nitrogen and oxygen atoms in total. The third kappa shape index (κ3) is 4.80. The van der Waals surface area contributed by atoms with E-state index >= 15 is 0 Å². The zero-order valence-corrected chi connectivity index (χ0v) is 19.6. The Balaban J connectivity index is 1.46. The first-order valence-electron chi connectivity index (χ1n) is 9.47. The number of aromatic nitrogens is 4. The lowest BCUT2D eigenvalue weighted by Gasteiger charge is -2.12. The molecular formula is C21H20BrN7OS. The molecule has 2 aromatic heterocycles. The standard InChI is InChI=1S/C21H20BrN7OS/c1-13-25-18-9-6-15(22)10-17(18)20(30)29(13)24-12-19-26-27-21(31-19)23-11-14-4-7-16(8-5-14)28(2)3/h4-11,24H,12H2,1-3H3/b23-11+. The lowest BCUT2D eigenvalue weighted by molar-refractivity contribution is 0.748. The second-order valence-electron chi connectivity index (χ2n) is 7.02. The van der Waals surface area contributed by atoms with E-state index < -0.39 is 0 Å². The van der Waals surface area contributed by atoms with Crippen LogP contribution in [-0.4, -0.2) is 40.2 Å². The lowest BCUT2D eigenvalue weighted by atomic mass is 10.2. The van der Waals surface area contributed by atoms with E-state index in [0.717, 1.165) is 20.7 Å². The van der Waals surface area contributed by atoms with Crippen molar-refractivity contribution in [2.75, 3.05) is 24.4 Å². The summed E-state index contributed by atoms with van der Waals surface area (Å²) in [6.45, 7) is 2.12. The number of nitrogens with one attached hydrogen (secondary N) is 1. The van der Waals surface area contributed by atoms with E-state index in [4.69, 9.17) is 0 Å². The van der Waals surface area contributed by atoms with Gasteiger partial charge in [0, 0.05) is 30.5 Å². The molecule has 158 valence electrons. The Hall–Kier alpha value is -3.11. The molecule has 0 aliphatic heterocycles. The monoisotopic (exact) mass is 497 g/mol. The number of hydrogen-bond donors (Lipinski definition) is 1. The van der Waals surface area contributed by atoms with Crippen LogP contribution in [0.15, 0.2) is 56.7 Å². The summed E-state index contributed by atoms with van der Waals surface area (Å²) in [5, 5.41) is 10.1. The molecule has 10 heteroatoms. The molecule has 4 aromatic rings. The quantitative estimate of drug-likeness (QED) is 0.406. The van der Waals surface area contributed by atoms with Gasteiger partial charge >= 0.3 is 0 Å². The van der Waals surface area contributed by atoms with Crippen molar-refractivity contribution < 1.29 is 0 Å². The summed E-state index contributed by atoms with van der Waals surface area (Å²) in [6, 6.07) is 13.5. The fraction of sp³-hybridized carbons (Fsp3) is 0.190. The summed E-state index contributed by atoms with van der Waals surface area (Å²) >= 11 is 4.76. The molecule has 0 bridgehead atoms. The maximum absolute atomic E-state index is 12.8. The highest BCUT2D eigenvalue weighted by Gasteiger charge is 2.10. The first kappa shape index (κ1) is 21.1. The Morgan fingerprint density at radius 3 is 2.71 bits per heavy atom. The van der Waals surface area contributed by atoms with Gasteiger partial charge in [0.05, 0.1) is 17.4 Å². The smallest absolute Gasteiger partial charge is 0.279 e. The number of fused-ring (bicyclic) bond motifs is 1. The van der Waals surface area contributed by atoms with E-state index in [1.54, 1.807) is 19.2 Å². The molecule has 2 aromatic carbocycles. The Bertz CT molecular complexity index is 1310. The molecule has 0 fully saturated rings. The van der Waals surface area contributed by atoms with Crippen molar-refractivity contribution in [3.8, 4) is 0 Å². The first-order valence-corrected chi connectivity index (χ1v) is 11.1. The van der Waals surface area contributed by atoms with Crippen molar-refractivity contribution >= 4 is 55.2 Å². The molecule has 0 atom stereocenters. The molecule has 0 aliphatic carbocycles. The number of rotatable bonds is 6. The lowest BCUT2D eigenvalue weighted by Crippen LogP contribution is -2.31. The van der Waals surface area contributed by atoms with Crippen LogP contribution in [0.3, 0.4) is 0 Å². The van der Waals surface area contributed by atoms with Crippen LogP contribution in [0, 0.1) is 6.92 Å². The van der Waals surface area contributed by atoms with E-state index in [9.17, 15) is 4.79 Å². The SMILES string of the molecule is Cc1nc2ccc(Br)cc2c(=O)n1NCc1nnc(/N=C/c2ccc(N(C)C)cc2)s1. The number of nitrogens with zero attached hydrogens (tertiary/aromatic N) is 6. The number of benzene rings is 2. The van der Waals surface area contributed by atoms with Crippen LogP contribution in [0.4, 0.5) is 10.8 Å². The first-order chi connectivity index (χ1) is 14.9. The molecule has 31 heavy (non-hydrogen) atoms. The molecule has 0 amide bonds. The van der Waals surface area contributed by atoms with Gasteiger partial charge in [-0.25, -0.2) is 14.7 Å². The van der Waals surface area contributed by atoms with Gasteiger partial charge in [-0.2, -0.15) is 0 Å². The van der Waals surface area contributed by atoms with Gasteiger partial charge in [-0.3, -0.25) is 4.79 Å². The van der Waals surface area contributed by atoms with E-state index in [1.165, 1.54) is 16.0 Å². The third-order valence-corrected chi connectivity index (χ3v) is 5.90. The van der Waals surface area contributed by atoms with Crippen molar-refractivity contribution in [1.82, 2.24) is 19.9 Å². The second-order valence-corrected chi connectivity index (χ2v) is 8.97. The van der Waals surface area contributed by atoms with E-state index in [2.05, 4.69) is 41.5 Å². The summed E-state index contributed by atoms with van der Waals surface area (Å²) < 4.78 is 2.27. The molecule has 1 N–H and O–H groups in total. The summed E-state index contributed by atoms with van der Waals surface area (Å²) in [7, 11) is 4.00. The van der Waals surface area contributed by atoms with Crippen LogP contribution < -0.4 is 15.9 Å². The minimum atomic E-state index is -0.160. The highest BCUT2D eigenvalue weighted by molar-refractivity contribution is 9.10. The van der Waals surface area contributed by atoms with E-state index in [-0.39, 0.29) is 5.56 Å². The van der Waals surface area contributed by atoms with Crippen LogP contribution in [0.25, 0.3) is 10.9 Å². The molecule has 0 saturated carbocycles. The normalized spacial score (nSPS) is 11.4. The molecule has 0 aliphatic rings. The fourth-order valence-electron chi connectivity index (χ4n) is 2.96. The maximum Gasteiger partial charge on any atom is 0.279 e. The Morgan fingerprint density at radius 2 is 1.97 bits per heavy atom. The van der Waals surface area contributed by atoms with Crippen molar-refractivity contribution in [3.63, 3.8) is 0 Å². The topological polar surface area (TPSA) is 88.3 Å². The molecule has 4 rings (SSSR count). The van der Waals surface area contributed by atoms with Crippen LogP contribution in [0.2, 0.25) is 0 Å². The highest BCUT2D eigenvalue weighted by Crippen LogP contribution is 2.19. The summed E-state index contributed by atoms with van der Waals surface area (Å²) in [5.74, 6) is 0.573. The van der Waals surface area contributed by atoms with Crippen molar-refractivity contribution in [2.45, 2.75) is 13.5 Å². The number of aliphatic imine (C=N–C) groups is 1.